The minimum absolute atomic E-state index is 0.0270. The van der Waals surface area contributed by atoms with Crippen LogP contribution in [0.15, 0.2) is 28.9 Å². The Hall–Kier alpha value is -2.35. The number of halogens is 1. The van der Waals surface area contributed by atoms with Crippen molar-refractivity contribution in [1.29, 1.82) is 0 Å². The first kappa shape index (κ1) is 19.0. The second kappa shape index (κ2) is 7.95. The van der Waals surface area contributed by atoms with Gasteiger partial charge in [0.1, 0.15) is 12.4 Å². The van der Waals surface area contributed by atoms with Crippen LogP contribution in [0.3, 0.4) is 0 Å². The number of ether oxygens (including phenoxy) is 1. The Morgan fingerprint density at radius 2 is 2.21 bits per heavy atom. The Labute approximate surface area is 172 Å². The average molecular weight is 447 g/mol. The second-order valence-corrected chi connectivity index (χ2v) is 8.28. The Kier molecular flexibility index (Phi) is 5.39. The van der Waals surface area contributed by atoms with Crippen LogP contribution in [0.25, 0.3) is 0 Å². The van der Waals surface area contributed by atoms with E-state index in [-0.39, 0.29) is 17.9 Å². The van der Waals surface area contributed by atoms with E-state index in [1.165, 1.54) is 6.92 Å². The van der Waals surface area contributed by atoms with Crippen LogP contribution >= 0.6 is 15.9 Å². The van der Waals surface area contributed by atoms with Gasteiger partial charge in [-0.2, -0.15) is 5.10 Å². The van der Waals surface area contributed by atoms with Crippen molar-refractivity contribution in [2.75, 3.05) is 13.2 Å². The van der Waals surface area contributed by atoms with E-state index in [0.717, 1.165) is 47.3 Å². The van der Waals surface area contributed by atoms with Crippen molar-refractivity contribution in [3.05, 3.63) is 45.7 Å². The molecule has 28 heavy (non-hydrogen) atoms. The quantitative estimate of drug-likeness (QED) is 0.752. The number of nitrogens with zero attached hydrogens (tertiary/aromatic N) is 2. The number of aromatic nitrogens is 2. The van der Waals surface area contributed by atoms with Crippen LogP contribution in [0, 0.1) is 5.92 Å². The van der Waals surface area contributed by atoms with E-state index < -0.39 is 0 Å². The first-order chi connectivity index (χ1) is 13.5. The molecule has 2 N–H and O–H groups in total. The number of fused-ring (bicyclic) bond motifs is 2. The summed E-state index contributed by atoms with van der Waals surface area (Å²) >= 11 is 3.56. The highest BCUT2D eigenvalue weighted by Crippen LogP contribution is 2.31. The smallest absolute Gasteiger partial charge is 0.255 e. The van der Waals surface area contributed by atoms with Crippen LogP contribution in [-0.4, -0.2) is 40.8 Å². The highest BCUT2D eigenvalue weighted by molar-refractivity contribution is 9.10. The predicted molar refractivity (Wildman–Crippen MR) is 107 cm³/mol. The van der Waals surface area contributed by atoms with Gasteiger partial charge in [0.2, 0.25) is 5.91 Å². The summed E-state index contributed by atoms with van der Waals surface area (Å²) in [6.07, 6.45) is 4.05. The maximum absolute atomic E-state index is 12.9. The lowest BCUT2D eigenvalue weighted by Gasteiger charge is -2.27. The predicted octanol–water partition coefficient (Wildman–Crippen LogP) is 2.08. The van der Waals surface area contributed by atoms with Gasteiger partial charge in [0.25, 0.3) is 5.91 Å². The molecule has 0 radical (unpaired) electrons. The number of rotatable bonds is 4. The van der Waals surface area contributed by atoms with E-state index in [1.807, 2.05) is 22.9 Å². The summed E-state index contributed by atoms with van der Waals surface area (Å²) < 4.78 is 8.71. The third kappa shape index (κ3) is 3.92. The van der Waals surface area contributed by atoms with Gasteiger partial charge in [-0.1, -0.05) is 22.0 Å². The van der Waals surface area contributed by atoms with Gasteiger partial charge < -0.3 is 15.4 Å². The highest BCUT2D eigenvalue weighted by Gasteiger charge is 2.28. The third-order valence-corrected chi connectivity index (χ3v) is 6.11. The molecular formula is C20H23BrN4O3. The topological polar surface area (TPSA) is 85.2 Å². The molecule has 2 aliphatic rings. The molecule has 0 fully saturated rings. The molecule has 4 rings (SSSR count). The number of carbonyl (C=O) groups excluding carboxylic acids is 2. The van der Waals surface area contributed by atoms with Crippen LogP contribution in [0.4, 0.5) is 0 Å². The van der Waals surface area contributed by atoms with E-state index >= 15 is 0 Å². The molecule has 0 bridgehead atoms. The van der Waals surface area contributed by atoms with Crippen LogP contribution in [0.1, 0.15) is 35.0 Å². The lowest BCUT2D eigenvalue weighted by Crippen LogP contribution is -2.43. The summed E-state index contributed by atoms with van der Waals surface area (Å²) in [6, 6.07) is 5.78. The van der Waals surface area contributed by atoms with Crippen molar-refractivity contribution in [3.8, 4) is 5.75 Å². The number of benzene rings is 1. The zero-order chi connectivity index (χ0) is 19.7. The normalized spacial score (nSPS) is 20.5. The van der Waals surface area contributed by atoms with Gasteiger partial charge >= 0.3 is 0 Å². The SMILES string of the molecule is CC(=O)NCC1CCn2ncc(C(=O)NC3COc4cccc(Br)c4C3)c2C1. The van der Waals surface area contributed by atoms with E-state index in [2.05, 4.69) is 31.7 Å². The zero-order valence-electron chi connectivity index (χ0n) is 15.7. The van der Waals surface area contributed by atoms with Crippen molar-refractivity contribution >= 4 is 27.7 Å². The molecule has 0 spiro atoms. The summed E-state index contributed by atoms with van der Waals surface area (Å²) in [5.41, 5.74) is 2.63. The number of hydrogen-bond acceptors (Lipinski definition) is 4. The molecule has 2 amide bonds. The van der Waals surface area contributed by atoms with Gasteiger partial charge in [0, 0.05) is 36.5 Å². The maximum Gasteiger partial charge on any atom is 0.255 e. The Morgan fingerprint density at radius 1 is 1.36 bits per heavy atom. The Bertz CT molecular complexity index is 911. The summed E-state index contributed by atoms with van der Waals surface area (Å²) in [7, 11) is 0. The first-order valence-electron chi connectivity index (χ1n) is 9.51. The molecule has 2 atom stereocenters. The van der Waals surface area contributed by atoms with Gasteiger partial charge in [-0.15, -0.1) is 0 Å². The summed E-state index contributed by atoms with van der Waals surface area (Å²) in [5.74, 6) is 1.04. The molecule has 1 aromatic carbocycles. The first-order valence-corrected chi connectivity index (χ1v) is 10.3. The van der Waals surface area contributed by atoms with Gasteiger partial charge in [-0.25, -0.2) is 0 Å². The fraction of sp³-hybridized carbons (Fsp3) is 0.450. The Balaban J connectivity index is 1.43. The van der Waals surface area contributed by atoms with Gasteiger partial charge in [0.15, 0.2) is 0 Å². The van der Waals surface area contributed by atoms with Crippen molar-refractivity contribution < 1.29 is 14.3 Å². The van der Waals surface area contributed by atoms with Gasteiger partial charge in [-0.3, -0.25) is 14.3 Å². The molecule has 0 saturated heterocycles. The molecule has 2 aromatic rings. The van der Waals surface area contributed by atoms with Crippen molar-refractivity contribution in [2.45, 2.75) is 38.8 Å². The molecule has 2 aliphatic heterocycles. The van der Waals surface area contributed by atoms with Crippen LogP contribution in [0.5, 0.6) is 5.75 Å². The molecule has 3 heterocycles. The molecular weight excluding hydrogens is 424 g/mol. The van der Waals surface area contributed by atoms with Crippen molar-refractivity contribution in [3.63, 3.8) is 0 Å². The number of hydrogen-bond donors (Lipinski definition) is 2. The standard InChI is InChI=1S/C20H23BrN4O3/c1-12(26)22-9-13-5-6-25-18(7-13)16(10-23-25)20(27)24-14-8-15-17(21)3-2-4-19(15)28-11-14/h2-4,10,13-14H,5-9,11H2,1H3,(H,22,26)(H,24,27). The fourth-order valence-corrected chi connectivity index (χ4v) is 4.38. The van der Waals surface area contributed by atoms with E-state index in [1.54, 1.807) is 6.20 Å². The average Bonchev–Trinajstić information content (AvgIpc) is 3.10. The summed E-state index contributed by atoms with van der Waals surface area (Å²) in [6.45, 7) is 3.36. The number of nitrogens with one attached hydrogen (secondary N) is 2. The lowest BCUT2D eigenvalue weighted by molar-refractivity contribution is -0.119. The van der Waals surface area contributed by atoms with E-state index in [9.17, 15) is 9.59 Å². The summed E-state index contributed by atoms with van der Waals surface area (Å²) in [5, 5.41) is 10.4. The third-order valence-electron chi connectivity index (χ3n) is 5.37. The van der Waals surface area contributed by atoms with Crippen LogP contribution < -0.4 is 15.4 Å². The zero-order valence-corrected chi connectivity index (χ0v) is 17.3. The van der Waals surface area contributed by atoms with Crippen LogP contribution in [-0.2, 0) is 24.2 Å². The maximum atomic E-state index is 12.9. The van der Waals surface area contributed by atoms with Gasteiger partial charge in [0.05, 0.1) is 23.5 Å². The molecule has 148 valence electrons. The molecule has 8 heteroatoms. The molecule has 1 aromatic heterocycles. The minimum atomic E-state index is -0.120. The minimum Gasteiger partial charge on any atom is -0.491 e. The second-order valence-electron chi connectivity index (χ2n) is 7.43. The molecule has 0 aliphatic carbocycles. The largest absolute Gasteiger partial charge is 0.491 e. The lowest BCUT2D eigenvalue weighted by atomic mass is 9.94. The molecule has 2 unspecified atom stereocenters. The monoisotopic (exact) mass is 446 g/mol. The van der Waals surface area contributed by atoms with Crippen molar-refractivity contribution in [2.24, 2.45) is 5.92 Å². The number of carbonyl (C=O) groups is 2. The van der Waals surface area contributed by atoms with Crippen molar-refractivity contribution in [1.82, 2.24) is 20.4 Å². The van der Waals surface area contributed by atoms with E-state index in [4.69, 9.17) is 4.74 Å². The van der Waals surface area contributed by atoms with Gasteiger partial charge in [-0.05, 0) is 30.9 Å². The Morgan fingerprint density at radius 3 is 3.04 bits per heavy atom. The summed E-state index contributed by atoms with van der Waals surface area (Å²) in [4.78, 5) is 24.1. The number of aryl methyl sites for hydroxylation is 1. The van der Waals surface area contributed by atoms with E-state index in [0.29, 0.717) is 24.6 Å². The number of amides is 2. The highest BCUT2D eigenvalue weighted by atomic mass is 79.9. The molecule has 7 nitrogen and oxygen atoms in total. The molecule has 0 saturated carbocycles. The fourth-order valence-electron chi connectivity index (χ4n) is 3.87. The van der Waals surface area contributed by atoms with Crippen LogP contribution in [0.2, 0.25) is 0 Å².